The molecule has 534 valence electrons. The van der Waals surface area contributed by atoms with Crippen LogP contribution in [0.2, 0.25) is 0 Å². The highest BCUT2D eigenvalue weighted by atomic mass is 32.2. The third-order valence-electron chi connectivity index (χ3n) is 17.4. The maximum Gasteiger partial charge on any atom is 0.246 e. The van der Waals surface area contributed by atoms with Crippen LogP contribution in [0.3, 0.4) is 0 Å². The molecule has 11 amide bonds. The lowest BCUT2D eigenvalue weighted by molar-refractivity contribution is -0.141. The van der Waals surface area contributed by atoms with Gasteiger partial charge in [0.2, 0.25) is 65.0 Å². The fraction of sp³-hybridized carbons (Fsp3) is 0.473. The zero-order valence-corrected chi connectivity index (χ0v) is 60.0. The van der Waals surface area contributed by atoms with Crippen molar-refractivity contribution in [2.75, 3.05) is 24.6 Å². The van der Waals surface area contributed by atoms with E-state index in [1.807, 2.05) is 105 Å². The van der Waals surface area contributed by atoms with Gasteiger partial charge in [-0.3, -0.25) is 52.7 Å². The van der Waals surface area contributed by atoms with Gasteiger partial charge in [0, 0.05) is 61.8 Å². The smallest absolute Gasteiger partial charge is 0.246 e. The zero-order chi connectivity index (χ0) is 72.6. The van der Waals surface area contributed by atoms with Gasteiger partial charge in [-0.25, -0.2) is 0 Å². The number of likely N-dealkylation sites (tertiary alicyclic amines) is 1. The van der Waals surface area contributed by atoms with Crippen molar-refractivity contribution >= 4 is 99.3 Å². The fourth-order valence-electron chi connectivity index (χ4n) is 11.3. The summed E-state index contributed by atoms with van der Waals surface area (Å²) in [5, 5.41) is 36.8. The Morgan fingerprint density at radius 3 is 1.71 bits per heavy atom. The van der Waals surface area contributed by atoms with Gasteiger partial charge >= 0.3 is 0 Å². The number of thioether (sulfide) groups is 2. The highest BCUT2D eigenvalue weighted by molar-refractivity contribution is 7.98. The Morgan fingerprint density at radius 1 is 0.556 bits per heavy atom. The monoisotopic (exact) mass is 1400 g/mol. The molecular formula is C74H99N11O12S2. The van der Waals surface area contributed by atoms with Crippen molar-refractivity contribution in [3.05, 3.63) is 155 Å². The van der Waals surface area contributed by atoms with Gasteiger partial charge in [-0.1, -0.05) is 155 Å². The van der Waals surface area contributed by atoms with Crippen LogP contribution >= 0.6 is 23.5 Å². The summed E-state index contributed by atoms with van der Waals surface area (Å²) < 4.78 is 0. The molecule has 1 aliphatic heterocycles. The van der Waals surface area contributed by atoms with Gasteiger partial charge in [-0.05, 0) is 105 Å². The first-order chi connectivity index (χ1) is 47.0. The molecule has 1 heterocycles. The fourth-order valence-corrected chi connectivity index (χ4v) is 13.0. The number of amides is 11. The number of nitrogens with zero attached hydrogens (tertiary/aromatic N) is 1. The molecule has 0 aromatic heterocycles. The molecule has 0 aliphatic carbocycles. The van der Waals surface area contributed by atoms with Crippen LogP contribution in [0, 0.1) is 11.8 Å². The Labute approximate surface area is 589 Å². The van der Waals surface area contributed by atoms with Crippen molar-refractivity contribution in [2.24, 2.45) is 17.6 Å². The number of carbonyl (C=O) groups is 11. The molecule has 6 rings (SSSR count). The van der Waals surface area contributed by atoms with E-state index >= 15 is 0 Å². The van der Waals surface area contributed by atoms with Crippen molar-refractivity contribution in [3.8, 4) is 0 Å². The Morgan fingerprint density at radius 2 is 1.09 bits per heavy atom. The van der Waals surface area contributed by atoms with Crippen LogP contribution < -0.4 is 53.6 Å². The molecule has 5 aromatic rings. The van der Waals surface area contributed by atoms with Crippen molar-refractivity contribution in [1.29, 1.82) is 0 Å². The summed E-state index contributed by atoms with van der Waals surface area (Å²) in [5.74, 6) is -4.80. The Balaban J connectivity index is 0.951. The van der Waals surface area contributed by atoms with E-state index in [4.69, 9.17) is 5.73 Å². The van der Waals surface area contributed by atoms with E-state index in [-0.39, 0.29) is 43.9 Å². The predicted molar refractivity (Wildman–Crippen MR) is 386 cm³/mol. The third-order valence-corrected chi connectivity index (χ3v) is 19.5. The number of hydrogen-bond acceptors (Lipinski definition) is 14. The molecular weight excluding hydrogens is 1300 g/mol. The molecule has 5 aromatic carbocycles. The summed E-state index contributed by atoms with van der Waals surface area (Å²) in [6.07, 6.45) is 0.252. The largest absolute Gasteiger partial charge is 0.393 e. The number of primary amides is 1. The van der Waals surface area contributed by atoms with Crippen LogP contribution in [-0.4, -0.2) is 159 Å². The first-order valence-corrected chi connectivity index (χ1v) is 36.1. The number of benzene rings is 5. The first-order valence-electron chi connectivity index (χ1n) is 33.7. The van der Waals surface area contributed by atoms with Crippen molar-refractivity contribution in [2.45, 2.75) is 185 Å². The van der Waals surface area contributed by atoms with E-state index in [1.54, 1.807) is 67.7 Å². The molecule has 25 heteroatoms. The lowest BCUT2D eigenvalue weighted by Gasteiger charge is -2.36. The zero-order valence-electron chi connectivity index (χ0n) is 58.4. The minimum atomic E-state index is -1.63. The second kappa shape index (κ2) is 38.0. The predicted octanol–water partition coefficient (Wildman–Crippen LogP) is 4.82. The molecule has 1 fully saturated rings. The molecule has 23 nitrogen and oxygen atoms in total. The van der Waals surface area contributed by atoms with Crippen molar-refractivity contribution in [1.82, 2.24) is 52.8 Å². The number of aliphatic hydroxyl groups is 1. The molecule has 1 aliphatic rings. The van der Waals surface area contributed by atoms with E-state index in [2.05, 4.69) is 53.9 Å². The maximum atomic E-state index is 14.4. The Kier molecular flexibility index (Phi) is 30.4. The van der Waals surface area contributed by atoms with Gasteiger partial charge in [-0.2, -0.15) is 23.5 Å². The summed E-state index contributed by atoms with van der Waals surface area (Å²) in [4.78, 5) is 152. The van der Waals surface area contributed by atoms with E-state index < -0.39 is 124 Å². The van der Waals surface area contributed by atoms with Gasteiger partial charge in [0.05, 0.1) is 12.5 Å². The molecule has 12 N–H and O–H groups in total. The second-order valence-corrected chi connectivity index (χ2v) is 28.9. The van der Waals surface area contributed by atoms with Crippen LogP contribution in [0.15, 0.2) is 127 Å². The van der Waals surface area contributed by atoms with Gasteiger partial charge in [0.1, 0.15) is 53.4 Å². The van der Waals surface area contributed by atoms with E-state index in [0.717, 1.165) is 33.0 Å². The molecule has 0 radical (unpaired) electrons. The quantitative estimate of drug-likeness (QED) is 0.0238. The number of nitrogens with two attached hydrogens (primary N) is 1. The summed E-state index contributed by atoms with van der Waals surface area (Å²) in [6.45, 7) is 16.6. The molecule has 9 atom stereocenters. The summed E-state index contributed by atoms with van der Waals surface area (Å²) >= 11 is 3.18. The minimum absolute atomic E-state index is 0.00288. The van der Waals surface area contributed by atoms with E-state index in [9.17, 15) is 57.8 Å². The number of aliphatic hydroxyl groups excluding tert-OH is 1. The van der Waals surface area contributed by atoms with Crippen LogP contribution in [0.4, 0.5) is 0 Å². The van der Waals surface area contributed by atoms with E-state index in [1.165, 1.54) is 46.4 Å². The van der Waals surface area contributed by atoms with E-state index in [0.29, 0.717) is 54.5 Å². The summed E-state index contributed by atoms with van der Waals surface area (Å²) in [6, 6.07) is 32.1. The average molecular weight is 1400 g/mol. The second-order valence-electron chi connectivity index (χ2n) is 26.7. The Bertz CT molecular complexity index is 3610. The molecule has 0 bridgehead atoms. The topological polar surface area (TPSA) is 346 Å². The van der Waals surface area contributed by atoms with Gasteiger partial charge in [0.15, 0.2) is 0 Å². The van der Waals surface area contributed by atoms with Crippen LogP contribution in [0.25, 0.3) is 10.8 Å². The highest BCUT2D eigenvalue weighted by Crippen LogP contribution is 2.24. The molecule has 99 heavy (non-hydrogen) atoms. The van der Waals surface area contributed by atoms with Crippen LogP contribution in [0.5, 0.6) is 0 Å². The van der Waals surface area contributed by atoms with Crippen LogP contribution in [-0.2, 0) is 83.5 Å². The average Bonchev–Trinajstić information content (AvgIpc) is 1.61. The number of hydrogen-bond donors (Lipinski definition) is 11. The number of fused-ring (bicyclic) bond motifs is 1. The number of carbonyl (C=O) groups excluding carboxylic acids is 11. The minimum Gasteiger partial charge on any atom is -0.393 e. The molecule has 1 saturated heterocycles. The van der Waals surface area contributed by atoms with Crippen molar-refractivity contribution in [3.63, 3.8) is 0 Å². The third kappa shape index (κ3) is 24.3. The molecule has 0 saturated carbocycles. The van der Waals surface area contributed by atoms with Gasteiger partial charge in [-0.15, -0.1) is 0 Å². The first kappa shape index (κ1) is 79.2. The summed E-state index contributed by atoms with van der Waals surface area (Å²) in [7, 11) is 0. The molecule has 0 spiro atoms. The van der Waals surface area contributed by atoms with Crippen molar-refractivity contribution < 1.29 is 57.8 Å². The van der Waals surface area contributed by atoms with Gasteiger partial charge < -0.3 is 63.6 Å². The Hall–Kier alpha value is -8.81. The number of nitrogens with one attached hydrogen (secondary N) is 9. The lowest BCUT2D eigenvalue weighted by Crippen LogP contribution is -2.65. The number of rotatable bonds is 37. The van der Waals surface area contributed by atoms with Gasteiger partial charge in [0.25, 0.3) is 0 Å². The lowest BCUT2D eigenvalue weighted by atomic mass is 9.86. The standard InChI is InChI=1S/C74H99N11O12S2/c1-45(2)63(69(94)81-59(41-51-24-15-12-16-25-51)70(95)85-35-21-32-60(85)64(75)89)82-61(87)33-36-98-43-52-26-19-27-53(39-52)44-99-37-34-76-65(90)48(6)78-72(97)74(10,46(3)4)84-68(93)57(40-50-22-13-11-14-23-50)80-66(91)49(7)77-71(96)73(8,9)83-67(92)58(79-62(88)38-47(5)86)42-55-30-20-29-54-28-17-18-31-56(54)55/h11-20,22-31,39,45-49,57-60,63,86H,21,32-38,40-44H2,1-10H3,(H2,75,89)(H,76,90)(H,77,96)(H,78,97)(H,79,88)(H,80,91)(H,81,94)(H,82,87)(H,83,92)(H,84,93)/t47-,48+,49+,57+,58+,59+,60+,63?,74+/m1/s1. The highest BCUT2D eigenvalue weighted by Gasteiger charge is 2.43. The molecule has 1 unspecified atom stereocenters. The SMILES string of the molecule is CC(C)C(NC(=O)CCSCc1cccc(CSCCNC(=O)[C@H](C)NC(=O)[C@@](C)(NC(=O)[C@H](Cc2ccccc2)NC(=O)[C@H](C)NC(=O)C(C)(C)NC(=O)[C@H](Cc2cccc3ccccc23)NC(=O)C[C@@H](C)O)C(C)C)c1)C(=O)N[C@@H](Cc1ccccc1)C(=O)N1CCC[C@H]1C(N)=O. The van der Waals surface area contributed by atoms with Crippen LogP contribution in [0.1, 0.15) is 123 Å². The normalized spacial score (nSPS) is 15.7. The maximum absolute atomic E-state index is 14.4. The summed E-state index contributed by atoms with van der Waals surface area (Å²) in [5.41, 5.74) is 6.80.